The second-order valence-electron chi connectivity index (χ2n) is 3.78. The van der Waals surface area contributed by atoms with Gasteiger partial charge < -0.3 is 19.9 Å². The van der Waals surface area contributed by atoms with Gasteiger partial charge in [-0.25, -0.2) is 0 Å². The van der Waals surface area contributed by atoms with Crippen LogP contribution in [0.3, 0.4) is 0 Å². The van der Waals surface area contributed by atoms with Crippen molar-refractivity contribution >= 4 is 5.91 Å². The van der Waals surface area contributed by atoms with Crippen molar-refractivity contribution in [2.75, 3.05) is 13.2 Å². The lowest BCUT2D eigenvalue weighted by atomic mass is 10.1. The van der Waals surface area contributed by atoms with Crippen molar-refractivity contribution in [3.8, 4) is 0 Å². The van der Waals surface area contributed by atoms with Gasteiger partial charge in [0.05, 0.1) is 24.3 Å². The number of aliphatic hydroxyl groups is 2. The minimum absolute atomic E-state index is 0.327. The molecule has 0 saturated carbocycles. The molecule has 0 aliphatic heterocycles. The van der Waals surface area contributed by atoms with Crippen molar-refractivity contribution in [3.63, 3.8) is 0 Å². The Balaban J connectivity index is 2.71. The van der Waals surface area contributed by atoms with Crippen LogP contribution in [0.25, 0.3) is 0 Å². The van der Waals surface area contributed by atoms with Gasteiger partial charge in [-0.2, -0.15) is 0 Å². The molecule has 0 radical (unpaired) electrons. The van der Waals surface area contributed by atoms with Crippen molar-refractivity contribution < 1.29 is 19.4 Å². The summed E-state index contributed by atoms with van der Waals surface area (Å²) in [5.41, 5.74) is -0.636. The normalized spacial score (nSPS) is 11.5. The number of rotatable bonds is 4. The first-order valence-corrected chi connectivity index (χ1v) is 4.60. The van der Waals surface area contributed by atoms with Gasteiger partial charge in [0.15, 0.2) is 0 Å². The standard InChI is InChI=1S/C10H15NO4/c1-7-3-8(4-15-7)9(14)11-10(2,5-12)6-13/h3-4,12-13H,5-6H2,1-2H3,(H,11,14). The molecule has 1 rings (SSSR count). The van der Waals surface area contributed by atoms with Crippen LogP contribution in [0.15, 0.2) is 16.7 Å². The third-order valence-electron chi connectivity index (χ3n) is 2.11. The van der Waals surface area contributed by atoms with Gasteiger partial charge in [-0.15, -0.1) is 0 Å². The smallest absolute Gasteiger partial charge is 0.255 e. The Morgan fingerprint density at radius 3 is 2.53 bits per heavy atom. The maximum Gasteiger partial charge on any atom is 0.255 e. The summed E-state index contributed by atoms with van der Waals surface area (Å²) in [7, 11) is 0. The SMILES string of the molecule is Cc1cc(C(=O)NC(C)(CO)CO)co1. The summed E-state index contributed by atoms with van der Waals surface area (Å²) in [4.78, 5) is 11.6. The second kappa shape index (κ2) is 4.46. The average molecular weight is 213 g/mol. The number of nitrogens with one attached hydrogen (secondary N) is 1. The van der Waals surface area contributed by atoms with Crippen molar-refractivity contribution in [2.45, 2.75) is 19.4 Å². The van der Waals surface area contributed by atoms with Crippen LogP contribution in [-0.4, -0.2) is 34.9 Å². The van der Waals surface area contributed by atoms with Gasteiger partial charge in [0.1, 0.15) is 12.0 Å². The summed E-state index contributed by atoms with van der Waals surface area (Å²) < 4.78 is 4.98. The highest BCUT2D eigenvalue weighted by atomic mass is 16.3. The van der Waals surface area contributed by atoms with Crippen LogP contribution >= 0.6 is 0 Å². The molecule has 0 atom stereocenters. The number of hydrogen-bond donors (Lipinski definition) is 3. The average Bonchev–Trinajstić information content (AvgIpc) is 2.65. The summed E-state index contributed by atoms with van der Waals surface area (Å²) >= 11 is 0. The van der Waals surface area contributed by atoms with E-state index in [-0.39, 0.29) is 19.1 Å². The molecule has 0 spiro atoms. The Bertz CT molecular complexity index is 341. The van der Waals surface area contributed by atoms with Crippen LogP contribution in [0.2, 0.25) is 0 Å². The highest BCUT2D eigenvalue weighted by molar-refractivity contribution is 5.94. The predicted molar refractivity (Wildman–Crippen MR) is 53.5 cm³/mol. The van der Waals surface area contributed by atoms with Crippen molar-refractivity contribution in [2.24, 2.45) is 0 Å². The molecule has 0 aliphatic carbocycles. The molecule has 0 aliphatic rings. The van der Waals surface area contributed by atoms with E-state index in [1.54, 1.807) is 19.9 Å². The van der Waals surface area contributed by atoms with Gasteiger partial charge in [-0.1, -0.05) is 0 Å². The highest BCUT2D eigenvalue weighted by Gasteiger charge is 2.25. The molecule has 1 aromatic rings. The highest BCUT2D eigenvalue weighted by Crippen LogP contribution is 2.08. The molecule has 0 aromatic carbocycles. The van der Waals surface area contributed by atoms with Gasteiger partial charge >= 0.3 is 0 Å². The number of aliphatic hydroxyl groups excluding tert-OH is 2. The summed E-state index contributed by atoms with van der Waals surface area (Å²) in [6, 6.07) is 1.59. The van der Waals surface area contributed by atoms with Gasteiger partial charge in [0, 0.05) is 0 Å². The van der Waals surface area contributed by atoms with Gasteiger partial charge in [-0.05, 0) is 19.9 Å². The molecule has 0 saturated heterocycles. The van der Waals surface area contributed by atoms with Crippen molar-refractivity contribution in [1.82, 2.24) is 5.32 Å². The maximum absolute atomic E-state index is 11.6. The number of furan rings is 1. The first kappa shape index (κ1) is 11.7. The summed E-state index contributed by atoms with van der Waals surface area (Å²) in [6.07, 6.45) is 1.33. The van der Waals surface area contributed by atoms with Crippen LogP contribution in [0.4, 0.5) is 0 Å². The van der Waals surface area contributed by atoms with Gasteiger partial charge in [0.25, 0.3) is 5.91 Å². The summed E-state index contributed by atoms with van der Waals surface area (Å²) in [5.74, 6) is 0.257. The van der Waals surface area contributed by atoms with Crippen LogP contribution in [0.5, 0.6) is 0 Å². The largest absolute Gasteiger partial charge is 0.469 e. The number of aryl methyl sites for hydroxylation is 1. The zero-order valence-electron chi connectivity index (χ0n) is 8.78. The fourth-order valence-electron chi connectivity index (χ4n) is 1.04. The zero-order valence-corrected chi connectivity index (χ0v) is 8.78. The van der Waals surface area contributed by atoms with Crippen LogP contribution in [0, 0.1) is 6.92 Å². The van der Waals surface area contributed by atoms with Crippen LogP contribution in [-0.2, 0) is 0 Å². The molecule has 5 heteroatoms. The minimum atomic E-state index is -1.01. The molecule has 0 fully saturated rings. The molecular weight excluding hydrogens is 198 g/mol. The molecule has 5 nitrogen and oxygen atoms in total. The third kappa shape index (κ3) is 2.81. The van der Waals surface area contributed by atoms with Gasteiger partial charge in [-0.3, -0.25) is 4.79 Å². The van der Waals surface area contributed by atoms with Crippen molar-refractivity contribution in [1.29, 1.82) is 0 Å². The number of amides is 1. The fourth-order valence-corrected chi connectivity index (χ4v) is 1.04. The molecule has 15 heavy (non-hydrogen) atoms. The lowest BCUT2D eigenvalue weighted by molar-refractivity contribution is 0.0723. The maximum atomic E-state index is 11.6. The van der Waals surface area contributed by atoms with E-state index in [4.69, 9.17) is 14.6 Å². The molecule has 1 aromatic heterocycles. The Kier molecular flexibility index (Phi) is 3.49. The van der Waals surface area contributed by atoms with Crippen LogP contribution in [0.1, 0.15) is 23.0 Å². The van der Waals surface area contributed by atoms with E-state index < -0.39 is 5.54 Å². The number of carbonyl (C=O) groups is 1. The number of hydrogen-bond acceptors (Lipinski definition) is 4. The third-order valence-corrected chi connectivity index (χ3v) is 2.11. The summed E-state index contributed by atoms with van der Waals surface area (Å²) in [5, 5.41) is 20.5. The van der Waals surface area contributed by atoms with Gasteiger partial charge in [0.2, 0.25) is 0 Å². The minimum Gasteiger partial charge on any atom is -0.469 e. The van der Waals surface area contributed by atoms with Crippen LogP contribution < -0.4 is 5.32 Å². The Morgan fingerprint density at radius 1 is 1.53 bits per heavy atom. The molecular formula is C10H15NO4. The van der Waals surface area contributed by atoms with E-state index in [1.807, 2.05) is 0 Å². The van der Waals surface area contributed by atoms with E-state index in [9.17, 15) is 4.79 Å². The van der Waals surface area contributed by atoms with E-state index in [0.29, 0.717) is 11.3 Å². The second-order valence-corrected chi connectivity index (χ2v) is 3.78. The molecule has 1 amide bonds. The first-order valence-electron chi connectivity index (χ1n) is 4.60. The number of carbonyl (C=O) groups excluding carboxylic acids is 1. The molecule has 0 bridgehead atoms. The Hall–Kier alpha value is -1.33. The molecule has 84 valence electrons. The van der Waals surface area contributed by atoms with E-state index in [1.165, 1.54) is 6.26 Å². The van der Waals surface area contributed by atoms with E-state index in [0.717, 1.165) is 0 Å². The predicted octanol–water partition coefficient (Wildman–Crippen LogP) is 0.0611. The lowest BCUT2D eigenvalue weighted by Crippen LogP contribution is -2.51. The van der Waals surface area contributed by atoms with Crippen molar-refractivity contribution in [3.05, 3.63) is 23.7 Å². The van der Waals surface area contributed by atoms with E-state index >= 15 is 0 Å². The quantitative estimate of drug-likeness (QED) is 0.660. The fraction of sp³-hybridized carbons (Fsp3) is 0.500. The Labute approximate surface area is 87.7 Å². The molecule has 0 unspecified atom stereocenters. The topological polar surface area (TPSA) is 82.7 Å². The lowest BCUT2D eigenvalue weighted by Gasteiger charge is -2.25. The first-order chi connectivity index (χ1) is 7.00. The monoisotopic (exact) mass is 213 g/mol. The molecule has 1 heterocycles. The Morgan fingerprint density at radius 2 is 2.13 bits per heavy atom. The zero-order chi connectivity index (χ0) is 11.5. The summed E-state index contributed by atoms with van der Waals surface area (Å²) in [6.45, 7) is 2.63. The molecule has 3 N–H and O–H groups in total. The van der Waals surface area contributed by atoms with E-state index in [2.05, 4.69) is 5.32 Å².